The first-order valence-corrected chi connectivity index (χ1v) is 3.78. The van der Waals surface area contributed by atoms with Crippen molar-refractivity contribution >= 4 is 0 Å². The van der Waals surface area contributed by atoms with Gasteiger partial charge in [0.05, 0.1) is 0 Å². The molecule has 0 fully saturated rings. The molecule has 2 aromatic carbocycles. The molecule has 13 heavy (non-hydrogen) atoms. The Morgan fingerprint density at radius 1 is 1.00 bits per heavy atom. The third kappa shape index (κ3) is 5.17. The second-order valence-electron chi connectivity index (χ2n) is 2.28. The Balaban J connectivity index is 0.000000215. The minimum absolute atomic E-state index is 0. The molecule has 2 rings (SSSR count). The molecule has 0 radical (unpaired) electrons. The van der Waals surface area contributed by atoms with E-state index in [1.807, 2.05) is 54.6 Å². The summed E-state index contributed by atoms with van der Waals surface area (Å²) in [4.78, 5) is 0. The Labute approximate surface area is 92.1 Å². The standard InChI is InChI=1S/C7H5.C5H5.Ru/c1-2-7-5-3-4-6-7;1-2-4-5-3-1;/h1,3-6H;1-5H;/q2*-1;+2. The molecule has 1 heteroatoms. The third-order valence-electron chi connectivity index (χ3n) is 1.38. The van der Waals surface area contributed by atoms with Gasteiger partial charge in [-0.15, -0.1) is 12.1 Å². The molecule has 0 nitrogen and oxygen atoms in total. The van der Waals surface area contributed by atoms with Gasteiger partial charge in [0.1, 0.15) is 0 Å². The number of hydrogen-bond acceptors (Lipinski definition) is 0. The third-order valence-corrected chi connectivity index (χ3v) is 1.38. The van der Waals surface area contributed by atoms with Crippen molar-refractivity contribution in [1.82, 2.24) is 0 Å². The van der Waals surface area contributed by atoms with Crippen molar-refractivity contribution in [3.05, 3.63) is 60.2 Å². The van der Waals surface area contributed by atoms with Gasteiger partial charge in [-0.05, 0) is 0 Å². The molecule has 0 heterocycles. The molecule has 0 aliphatic carbocycles. The smallest absolute Gasteiger partial charge is 0.228 e. The molecule has 0 saturated carbocycles. The van der Waals surface area contributed by atoms with Gasteiger partial charge in [-0.25, -0.2) is 18.6 Å². The van der Waals surface area contributed by atoms with Crippen LogP contribution in [0.5, 0.6) is 0 Å². The second-order valence-corrected chi connectivity index (χ2v) is 2.28. The van der Waals surface area contributed by atoms with Crippen LogP contribution in [0.15, 0.2) is 54.6 Å². The molecule has 0 bridgehead atoms. The monoisotopic (exact) mass is 256 g/mol. The minimum Gasteiger partial charge on any atom is -0.228 e. The molecule has 66 valence electrons. The van der Waals surface area contributed by atoms with Crippen molar-refractivity contribution in [2.75, 3.05) is 0 Å². The van der Waals surface area contributed by atoms with Gasteiger partial charge in [-0.3, -0.25) is 0 Å². The number of hydrogen-bond donors (Lipinski definition) is 0. The second kappa shape index (κ2) is 7.53. The molecule has 0 spiro atoms. The molecular weight excluding hydrogens is 245 g/mol. The van der Waals surface area contributed by atoms with Gasteiger partial charge in [0.25, 0.3) is 0 Å². The summed E-state index contributed by atoms with van der Waals surface area (Å²) in [7, 11) is 0. The zero-order chi connectivity index (χ0) is 8.65. The van der Waals surface area contributed by atoms with E-state index >= 15 is 0 Å². The topological polar surface area (TPSA) is 0 Å². The summed E-state index contributed by atoms with van der Waals surface area (Å²) in [5.41, 5.74) is 0.958. The van der Waals surface area contributed by atoms with E-state index in [1.165, 1.54) is 0 Å². The molecule has 0 unspecified atom stereocenters. The van der Waals surface area contributed by atoms with E-state index < -0.39 is 0 Å². The van der Waals surface area contributed by atoms with Crippen molar-refractivity contribution in [1.29, 1.82) is 0 Å². The predicted octanol–water partition coefficient (Wildman–Crippen LogP) is 2.79. The van der Waals surface area contributed by atoms with E-state index in [4.69, 9.17) is 6.42 Å². The summed E-state index contributed by atoms with van der Waals surface area (Å²) in [6.45, 7) is 0. The van der Waals surface area contributed by atoms with Crippen LogP contribution in [0.25, 0.3) is 0 Å². The number of rotatable bonds is 0. The normalized spacial score (nSPS) is 7.31. The summed E-state index contributed by atoms with van der Waals surface area (Å²) in [5.74, 6) is 2.51. The Morgan fingerprint density at radius 3 is 1.77 bits per heavy atom. The first-order chi connectivity index (χ1) is 5.93. The summed E-state index contributed by atoms with van der Waals surface area (Å²) in [6.07, 6.45) is 5.04. The maximum Gasteiger partial charge on any atom is 2.00 e. The Bertz CT molecular complexity index is 291. The maximum atomic E-state index is 5.04. The summed E-state index contributed by atoms with van der Waals surface area (Å²) >= 11 is 0. The fourth-order valence-electron chi connectivity index (χ4n) is 0.791. The first-order valence-electron chi connectivity index (χ1n) is 3.78. The van der Waals surface area contributed by atoms with Crippen LogP contribution in [0.2, 0.25) is 0 Å². The van der Waals surface area contributed by atoms with Crippen LogP contribution in [0.1, 0.15) is 5.56 Å². The van der Waals surface area contributed by atoms with Gasteiger partial charge < -0.3 is 0 Å². The Hall–Kier alpha value is -1.12. The van der Waals surface area contributed by atoms with E-state index in [2.05, 4.69) is 5.92 Å². The van der Waals surface area contributed by atoms with Crippen LogP contribution in [0, 0.1) is 12.3 Å². The molecular formula is C12H10Ru. The van der Waals surface area contributed by atoms with E-state index in [9.17, 15) is 0 Å². The van der Waals surface area contributed by atoms with Crippen LogP contribution in [0.3, 0.4) is 0 Å². The van der Waals surface area contributed by atoms with E-state index in [0.29, 0.717) is 0 Å². The number of terminal acetylenes is 1. The van der Waals surface area contributed by atoms with E-state index in [0.717, 1.165) is 5.56 Å². The molecule has 0 saturated heterocycles. The predicted molar refractivity (Wildman–Crippen MR) is 52.0 cm³/mol. The molecule has 0 aromatic heterocycles. The van der Waals surface area contributed by atoms with Crippen molar-refractivity contribution in [3.63, 3.8) is 0 Å². The van der Waals surface area contributed by atoms with Gasteiger partial charge in [-0.2, -0.15) is 36.3 Å². The Morgan fingerprint density at radius 2 is 1.54 bits per heavy atom. The molecule has 0 aliphatic rings. The van der Waals surface area contributed by atoms with E-state index in [-0.39, 0.29) is 19.5 Å². The van der Waals surface area contributed by atoms with Gasteiger partial charge in [0, 0.05) is 0 Å². The van der Waals surface area contributed by atoms with Gasteiger partial charge >= 0.3 is 19.5 Å². The average molecular weight is 255 g/mol. The summed E-state index contributed by atoms with van der Waals surface area (Å²) in [6, 6.07) is 17.7. The average Bonchev–Trinajstić information content (AvgIpc) is 2.81. The molecule has 2 aromatic rings. The minimum atomic E-state index is 0. The zero-order valence-corrected chi connectivity index (χ0v) is 8.87. The summed E-state index contributed by atoms with van der Waals surface area (Å²) in [5, 5.41) is 0. The van der Waals surface area contributed by atoms with Crippen molar-refractivity contribution in [2.24, 2.45) is 0 Å². The fourth-order valence-corrected chi connectivity index (χ4v) is 0.791. The van der Waals surface area contributed by atoms with Crippen molar-refractivity contribution in [3.8, 4) is 12.3 Å². The first kappa shape index (κ1) is 11.9. The van der Waals surface area contributed by atoms with Crippen LogP contribution in [-0.2, 0) is 19.5 Å². The molecule has 0 atom stereocenters. The molecule has 0 aliphatic heterocycles. The van der Waals surface area contributed by atoms with Crippen LogP contribution in [-0.4, -0.2) is 0 Å². The van der Waals surface area contributed by atoms with Crippen LogP contribution >= 0.6 is 0 Å². The Kier molecular flexibility index (Phi) is 6.88. The molecule has 0 N–H and O–H groups in total. The largest absolute Gasteiger partial charge is 2.00 e. The van der Waals surface area contributed by atoms with Crippen LogP contribution < -0.4 is 0 Å². The van der Waals surface area contributed by atoms with Crippen molar-refractivity contribution < 1.29 is 19.5 Å². The fraction of sp³-hybridized carbons (Fsp3) is 0. The van der Waals surface area contributed by atoms with Crippen LogP contribution in [0.4, 0.5) is 0 Å². The maximum absolute atomic E-state index is 5.04. The van der Waals surface area contributed by atoms with E-state index in [1.54, 1.807) is 0 Å². The van der Waals surface area contributed by atoms with Crippen molar-refractivity contribution in [2.45, 2.75) is 0 Å². The zero-order valence-electron chi connectivity index (χ0n) is 7.13. The quantitative estimate of drug-likeness (QED) is 0.386. The van der Waals surface area contributed by atoms with Gasteiger partial charge in [0.2, 0.25) is 0 Å². The summed E-state index contributed by atoms with van der Waals surface area (Å²) < 4.78 is 0. The van der Waals surface area contributed by atoms with Gasteiger partial charge in [0.15, 0.2) is 0 Å². The molecule has 0 amide bonds. The van der Waals surface area contributed by atoms with Gasteiger partial charge in [-0.1, -0.05) is 5.56 Å². The SMILES string of the molecule is C#C[c-]1cccc1.[Ru+2].c1cc[cH-]c1.